The molecule has 0 spiro atoms. The van der Waals surface area contributed by atoms with E-state index in [0.29, 0.717) is 16.9 Å². The number of rotatable bonds is 2. The predicted octanol–water partition coefficient (Wildman–Crippen LogP) is 3.63. The van der Waals surface area contributed by atoms with Crippen molar-refractivity contribution in [2.24, 2.45) is 0 Å². The molecule has 4 heterocycles. The minimum Gasteiger partial charge on any atom is -0.346 e. The third-order valence-electron chi connectivity index (χ3n) is 4.58. The molecule has 5 aromatic rings. The average Bonchev–Trinajstić information content (AvgIpc) is 3.13. The van der Waals surface area contributed by atoms with Crippen molar-refractivity contribution in [3.8, 4) is 16.9 Å². The van der Waals surface area contributed by atoms with Crippen LogP contribution >= 0.6 is 0 Å². The number of pyridine rings is 3. The van der Waals surface area contributed by atoms with E-state index >= 15 is 0 Å². The summed E-state index contributed by atoms with van der Waals surface area (Å²) >= 11 is 0. The molecule has 27 heavy (non-hydrogen) atoms. The number of hydrogen-bond donors (Lipinski definition) is 1. The van der Waals surface area contributed by atoms with Gasteiger partial charge in [-0.15, -0.1) is 0 Å². The number of H-pyrrole nitrogens is 1. The van der Waals surface area contributed by atoms with E-state index in [1.54, 1.807) is 17.1 Å². The van der Waals surface area contributed by atoms with Gasteiger partial charge < -0.3 is 4.98 Å². The molecule has 0 aliphatic rings. The quantitative estimate of drug-likeness (QED) is 0.526. The standard InChI is InChI=1S/C21H15N5O/c1-13-7-10-26(25-13)21-16(12-17-19(27)6-9-23-20(17)24-21)14-4-5-18-15(11-14)3-2-8-22-18/h2-12H,1H3,(H,23,24,27). The van der Waals surface area contributed by atoms with Gasteiger partial charge in [-0.1, -0.05) is 12.1 Å². The van der Waals surface area contributed by atoms with Crippen LogP contribution in [-0.4, -0.2) is 24.7 Å². The highest BCUT2D eigenvalue weighted by Gasteiger charge is 2.14. The molecule has 4 aromatic heterocycles. The van der Waals surface area contributed by atoms with Gasteiger partial charge in [-0.05, 0) is 42.8 Å². The Morgan fingerprint density at radius 3 is 2.85 bits per heavy atom. The highest BCUT2D eigenvalue weighted by atomic mass is 16.1. The summed E-state index contributed by atoms with van der Waals surface area (Å²) in [7, 11) is 0. The lowest BCUT2D eigenvalue weighted by Crippen LogP contribution is -2.07. The van der Waals surface area contributed by atoms with Gasteiger partial charge in [-0.3, -0.25) is 9.78 Å². The van der Waals surface area contributed by atoms with Gasteiger partial charge in [0.15, 0.2) is 11.2 Å². The van der Waals surface area contributed by atoms with Crippen molar-refractivity contribution in [2.45, 2.75) is 6.92 Å². The SMILES string of the molecule is Cc1ccn(-c2nc3[nH]ccc(=O)c3cc2-c2ccc3ncccc3c2)n1. The Kier molecular flexibility index (Phi) is 3.36. The van der Waals surface area contributed by atoms with E-state index in [4.69, 9.17) is 4.98 Å². The number of nitrogens with one attached hydrogen (secondary N) is 1. The van der Waals surface area contributed by atoms with Gasteiger partial charge in [0.2, 0.25) is 0 Å². The molecule has 6 heteroatoms. The molecule has 0 amide bonds. The molecule has 6 nitrogen and oxygen atoms in total. The summed E-state index contributed by atoms with van der Waals surface area (Å²) in [6.07, 6.45) is 5.25. The highest BCUT2D eigenvalue weighted by molar-refractivity contribution is 5.89. The van der Waals surface area contributed by atoms with Gasteiger partial charge in [-0.2, -0.15) is 5.10 Å². The lowest BCUT2D eigenvalue weighted by atomic mass is 10.0. The summed E-state index contributed by atoms with van der Waals surface area (Å²) in [5.74, 6) is 0.667. The molecular weight excluding hydrogens is 338 g/mol. The Balaban J connectivity index is 1.85. The predicted molar refractivity (Wildman–Crippen MR) is 105 cm³/mol. The molecule has 0 bridgehead atoms. The second kappa shape index (κ2) is 5.88. The third kappa shape index (κ3) is 2.58. The van der Waals surface area contributed by atoms with Crippen molar-refractivity contribution in [1.82, 2.24) is 24.7 Å². The van der Waals surface area contributed by atoms with Gasteiger partial charge in [0.1, 0.15) is 5.65 Å². The summed E-state index contributed by atoms with van der Waals surface area (Å²) in [6, 6.07) is 15.3. The summed E-state index contributed by atoms with van der Waals surface area (Å²) in [6.45, 7) is 1.93. The van der Waals surface area contributed by atoms with Crippen LogP contribution < -0.4 is 5.43 Å². The van der Waals surface area contributed by atoms with Crippen molar-refractivity contribution in [3.05, 3.63) is 83.0 Å². The third-order valence-corrected chi connectivity index (χ3v) is 4.58. The van der Waals surface area contributed by atoms with Crippen molar-refractivity contribution in [2.75, 3.05) is 0 Å². The summed E-state index contributed by atoms with van der Waals surface area (Å²) in [5, 5.41) is 6.08. The Morgan fingerprint density at radius 1 is 1.07 bits per heavy atom. The first-order valence-electron chi connectivity index (χ1n) is 8.59. The van der Waals surface area contributed by atoms with Crippen molar-refractivity contribution < 1.29 is 0 Å². The topological polar surface area (TPSA) is 76.5 Å². The molecule has 0 unspecified atom stereocenters. The molecule has 1 aromatic carbocycles. The zero-order chi connectivity index (χ0) is 18.4. The van der Waals surface area contributed by atoms with E-state index in [1.165, 1.54) is 6.07 Å². The number of fused-ring (bicyclic) bond motifs is 2. The van der Waals surface area contributed by atoms with Crippen LogP contribution in [0.2, 0.25) is 0 Å². The van der Waals surface area contributed by atoms with Crippen molar-refractivity contribution in [1.29, 1.82) is 0 Å². The maximum Gasteiger partial charge on any atom is 0.191 e. The molecule has 5 rings (SSSR count). The first kappa shape index (κ1) is 15.5. The molecule has 0 saturated carbocycles. The van der Waals surface area contributed by atoms with Crippen LogP contribution in [0.4, 0.5) is 0 Å². The number of nitrogens with zero attached hydrogens (tertiary/aromatic N) is 4. The van der Waals surface area contributed by atoms with Gasteiger partial charge >= 0.3 is 0 Å². The lowest BCUT2D eigenvalue weighted by molar-refractivity contribution is 0.838. The summed E-state index contributed by atoms with van der Waals surface area (Å²) in [4.78, 5) is 24.5. The Morgan fingerprint density at radius 2 is 2.00 bits per heavy atom. The van der Waals surface area contributed by atoms with Crippen LogP contribution in [0.5, 0.6) is 0 Å². The highest BCUT2D eigenvalue weighted by Crippen LogP contribution is 2.29. The largest absolute Gasteiger partial charge is 0.346 e. The van der Waals surface area contributed by atoms with E-state index in [-0.39, 0.29) is 5.43 Å². The molecule has 0 aliphatic carbocycles. The van der Waals surface area contributed by atoms with E-state index in [0.717, 1.165) is 27.7 Å². The Labute approximate surface area is 154 Å². The van der Waals surface area contributed by atoms with E-state index in [9.17, 15) is 4.79 Å². The smallest absolute Gasteiger partial charge is 0.191 e. The van der Waals surface area contributed by atoms with E-state index in [1.807, 2.05) is 49.5 Å². The van der Waals surface area contributed by atoms with Crippen LogP contribution in [0.15, 0.2) is 71.9 Å². The zero-order valence-corrected chi connectivity index (χ0v) is 14.5. The number of hydrogen-bond acceptors (Lipinski definition) is 4. The minimum absolute atomic E-state index is 0.0665. The van der Waals surface area contributed by atoms with Gasteiger partial charge in [0.25, 0.3) is 0 Å². The van der Waals surface area contributed by atoms with Gasteiger partial charge in [-0.25, -0.2) is 9.67 Å². The number of benzene rings is 1. The molecule has 130 valence electrons. The summed E-state index contributed by atoms with van der Waals surface area (Å²) < 4.78 is 1.74. The lowest BCUT2D eigenvalue weighted by Gasteiger charge is -2.11. The fourth-order valence-corrected chi connectivity index (χ4v) is 3.25. The Bertz CT molecular complexity index is 1370. The average molecular weight is 353 g/mol. The van der Waals surface area contributed by atoms with E-state index in [2.05, 4.69) is 21.1 Å². The zero-order valence-electron chi connectivity index (χ0n) is 14.5. The first-order chi connectivity index (χ1) is 13.2. The monoisotopic (exact) mass is 353 g/mol. The van der Waals surface area contributed by atoms with Crippen LogP contribution in [0.3, 0.4) is 0 Å². The van der Waals surface area contributed by atoms with Crippen molar-refractivity contribution in [3.63, 3.8) is 0 Å². The van der Waals surface area contributed by atoms with Gasteiger partial charge in [0.05, 0.1) is 16.6 Å². The maximum absolute atomic E-state index is 12.3. The van der Waals surface area contributed by atoms with Crippen LogP contribution in [-0.2, 0) is 0 Å². The first-order valence-corrected chi connectivity index (χ1v) is 8.59. The normalized spacial score (nSPS) is 11.3. The molecule has 1 N–H and O–H groups in total. The number of aryl methyl sites for hydroxylation is 1. The maximum atomic E-state index is 12.3. The number of aromatic amines is 1. The van der Waals surface area contributed by atoms with Crippen LogP contribution in [0.1, 0.15) is 5.69 Å². The second-order valence-corrected chi connectivity index (χ2v) is 6.41. The fraction of sp³-hybridized carbons (Fsp3) is 0.0476. The van der Waals surface area contributed by atoms with Crippen LogP contribution in [0.25, 0.3) is 38.9 Å². The minimum atomic E-state index is -0.0665. The molecule has 0 aliphatic heterocycles. The fourth-order valence-electron chi connectivity index (χ4n) is 3.25. The van der Waals surface area contributed by atoms with Crippen molar-refractivity contribution >= 4 is 21.9 Å². The van der Waals surface area contributed by atoms with E-state index < -0.39 is 0 Å². The molecule has 0 atom stereocenters. The van der Waals surface area contributed by atoms with Crippen LogP contribution in [0, 0.1) is 6.92 Å². The molecule has 0 saturated heterocycles. The van der Waals surface area contributed by atoms with Gasteiger partial charge in [0, 0.05) is 35.6 Å². The Hall–Kier alpha value is -3.80. The molecule has 0 fully saturated rings. The second-order valence-electron chi connectivity index (χ2n) is 6.41. The molecular formula is C21H15N5O. The number of aromatic nitrogens is 5. The molecule has 0 radical (unpaired) electrons. The summed E-state index contributed by atoms with van der Waals surface area (Å²) in [5.41, 5.74) is 4.08.